The smallest absolute Gasteiger partial charge is 0.462 e. The highest BCUT2D eigenvalue weighted by Gasteiger charge is 2.30. The lowest BCUT2D eigenvalue weighted by Crippen LogP contribution is -2.30. The summed E-state index contributed by atoms with van der Waals surface area (Å²) in [4.78, 5) is 72.9. The lowest BCUT2D eigenvalue weighted by atomic mass is 10.0. The van der Waals surface area contributed by atoms with E-state index in [1.54, 1.807) is 0 Å². The molecule has 0 aliphatic rings. The lowest BCUT2D eigenvalue weighted by molar-refractivity contribution is -0.161. The molecule has 0 aliphatic carbocycles. The molecule has 3 N–H and O–H groups in total. The number of phosphoric ester groups is 2. The zero-order valence-electron chi connectivity index (χ0n) is 62.7. The van der Waals surface area contributed by atoms with E-state index in [2.05, 4.69) is 76.3 Å². The number of aliphatic hydroxyl groups excluding tert-OH is 1. The van der Waals surface area contributed by atoms with E-state index in [9.17, 15) is 43.2 Å². The van der Waals surface area contributed by atoms with Gasteiger partial charge in [0.25, 0.3) is 0 Å². The Morgan fingerprint density at radius 3 is 0.776 bits per heavy atom. The molecule has 0 aromatic carbocycles. The third-order valence-electron chi connectivity index (χ3n) is 17.3. The standard InChI is InChI=1S/C79H146O17P2/c1-5-9-13-17-21-25-29-33-36-40-43-47-51-55-59-63-76(81)89-69-74(95-78(83)65-61-57-53-49-45-39-32-28-24-20-16-12-8-4)71-93-97(85,86)91-67-73(80)68-92-98(87,88)94-72-75(96-79(84)66-62-58-54-50-46-42-38-35-31-27-23-19-15-11-7-3)70-90-77(82)64-60-56-52-48-44-41-37-34-30-26-22-18-14-10-6-2/h21-22,25-26,33-34,36-37,73-75,80H,5-20,23-24,27-32,35,38-72H2,1-4H3,(H,85,86)(H,87,88)/b25-21-,26-22-,36-33-,37-34-/t73-,74+,75+/m0/s1. The lowest BCUT2D eigenvalue weighted by Gasteiger charge is -2.21. The maximum absolute atomic E-state index is 13.1. The molecule has 0 amide bonds. The van der Waals surface area contributed by atoms with Crippen molar-refractivity contribution in [1.82, 2.24) is 0 Å². The van der Waals surface area contributed by atoms with Crippen molar-refractivity contribution in [3.8, 4) is 0 Å². The van der Waals surface area contributed by atoms with Gasteiger partial charge < -0.3 is 33.8 Å². The number of carbonyl (C=O) groups excluding carboxylic acids is 4. The summed E-state index contributed by atoms with van der Waals surface area (Å²) in [6.07, 6.45) is 69.4. The Balaban J connectivity index is 5.32. The van der Waals surface area contributed by atoms with Crippen molar-refractivity contribution in [2.24, 2.45) is 0 Å². The van der Waals surface area contributed by atoms with Crippen LogP contribution in [-0.4, -0.2) is 96.7 Å². The van der Waals surface area contributed by atoms with E-state index in [-0.39, 0.29) is 25.7 Å². The average Bonchev–Trinajstić information content (AvgIpc) is 0.959. The first-order valence-electron chi connectivity index (χ1n) is 39.9. The Hall–Kier alpha value is -2.98. The molecule has 5 atom stereocenters. The van der Waals surface area contributed by atoms with E-state index in [0.717, 1.165) is 141 Å². The van der Waals surface area contributed by atoms with Crippen LogP contribution in [0.2, 0.25) is 0 Å². The van der Waals surface area contributed by atoms with Crippen LogP contribution in [0.4, 0.5) is 0 Å². The number of esters is 4. The Morgan fingerprint density at radius 1 is 0.286 bits per heavy atom. The molecule has 0 spiro atoms. The van der Waals surface area contributed by atoms with Crippen molar-refractivity contribution in [3.05, 3.63) is 48.6 Å². The average molecular weight is 1430 g/mol. The molecular formula is C79H146O17P2. The third kappa shape index (κ3) is 71.4. The van der Waals surface area contributed by atoms with E-state index >= 15 is 0 Å². The maximum atomic E-state index is 13.1. The van der Waals surface area contributed by atoms with Crippen LogP contribution in [0.1, 0.15) is 374 Å². The minimum atomic E-state index is -4.97. The number of ether oxygens (including phenoxy) is 4. The number of hydrogen-bond donors (Lipinski definition) is 3. The van der Waals surface area contributed by atoms with Gasteiger partial charge in [0.15, 0.2) is 12.2 Å². The van der Waals surface area contributed by atoms with Gasteiger partial charge in [-0.25, -0.2) is 9.13 Å². The van der Waals surface area contributed by atoms with Crippen LogP contribution in [-0.2, 0) is 65.4 Å². The van der Waals surface area contributed by atoms with Crippen molar-refractivity contribution in [2.45, 2.75) is 393 Å². The third-order valence-corrected chi connectivity index (χ3v) is 19.2. The van der Waals surface area contributed by atoms with Gasteiger partial charge in [-0.1, -0.05) is 307 Å². The maximum Gasteiger partial charge on any atom is 0.472 e. The summed E-state index contributed by atoms with van der Waals surface area (Å²) < 4.78 is 68.6. The van der Waals surface area contributed by atoms with Crippen molar-refractivity contribution >= 4 is 39.5 Å². The fourth-order valence-corrected chi connectivity index (χ4v) is 12.7. The SMILES string of the molecule is CCCCC/C=C\C/C=C\CCCCCCCC(=O)OC[C@H](COP(=O)(O)OC[C@H](O)COP(=O)(O)OC[C@@H](COC(=O)CCCCCCC/C=C\C/C=C\CCCCC)OC(=O)CCCCCCCCCCCCCCCCC)OC(=O)CCCCCCCCCCCCCCC. The van der Waals surface area contributed by atoms with Crippen LogP contribution in [0, 0.1) is 0 Å². The predicted molar refractivity (Wildman–Crippen MR) is 400 cm³/mol. The quantitative estimate of drug-likeness (QED) is 0.0169. The van der Waals surface area contributed by atoms with Crippen LogP contribution >= 0.6 is 15.6 Å². The van der Waals surface area contributed by atoms with Crippen LogP contribution in [0.25, 0.3) is 0 Å². The number of phosphoric acid groups is 2. The minimum Gasteiger partial charge on any atom is -0.462 e. The van der Waals surface area contributed by atoms with E-state index in [1.165, 1.54) is 154 Å². The van der Waals surface area contributed by atoms with Gasteiger partial charge in [-0.15, -0.1) is 0 Å². The molecule has 0 heterocycles. The zero-order chi connectivity index (χ0) is 71.8. The molecule has 0 saturated heterocycles. The first kappa shape index (κ1) is 95.0. The van der Waals surface area contributed by atoms with Crippen molar-refractivity contribution in [3.63, 3.8) is 0 Å². The summed E-state index contributed by atoms with van der Waals surface area (Å²) in [5, 5.41) is 10.6. The highest BCUT2D eigenvalue weighted by Crippen LogP contribution is 2.45. The van der Waals surface area contributed by atoms with Gasteiger partial charge in [0, 0.05) is 25.7 Å². The first-order chi connectivity index (χ1) is 47.7. The molecule has 0 aliphatic heterocycles. The summed E-state index contributed by atoms with van der Waals surface area (Å²) in [6, 6.07) is 0. The van der Waals surface area contributed by atoms with Crippen molar-refractivity contribution in [2.75, 3.05) is 39.6 Å². The Kier molecular flexibility index (Phi) is 70.2. The minimum absolute atomic E-state index is 0.0993. The number of carbonyl (C=O) groups is 4. The molecular weight excluding hydrogens is 1280 g/mol. The van der Waals surface area contributed by atoms with Gasteiger partial charge >= 0.3 is 39.5 Å². The Morgan fingerprint density at radius 2 is 0.500 bits per heavy atom. The van der Waals surface area contributed by atoms with Gasteiger partial charge in [-0.2, -0.15) is 0 Å². The number of rotatable bonds is 76. The van der Waals surface area contributed by atoms with E-state index in [4.69, 9.17) is 37.0 Å². The number of aliphatic hydroxyl groups is 1. The largest absolute Gasteiger partial charge is 0.472 e. The second-order valence-electron chi connectivity index (χ2n) is 27.0. The van der Waals surface area contributed by atoms with E-state index in [0.29, 0.717) is 25.7 Å². The van der Waals surface area contributed by atoms with Crippen LogP contribution < -0.4 is 0 Å². The number of allylic oxidation sites excluding steroid dienone is 8. The molecule has 0 radical (unpaired) electrons. The first-order valence-corrected chi connectivity index (χ1v) is 42.9. The summed E-state index contributed by atoms with van der Waals surface area (Å²) in [5.74, 6) is -2.16. The van der Waals surface area contributed by atoms with Gasteiger partial charge in [0.05, 0.1) is 26.4 Å². The fraction of sp³-hybridized carbons (Fsp3) is 0.848. The highest BCUT2D eigenvalue weighted by molar-refractivity contribution is 7.47. The number of hydrogen-bond acceptors (Lipinski definition) is 15. The second-order valence-corrected chi connectivity index (χ2v) is 29.9. The summed E-state index contributed by atoms with van der Waals surface area (Å²) in [7, 11) is -9.94. The monoisotopic (exact) mass is 1430 g/mol. The Bertz CT molecular complexity index is 2050. The van der Waals surface area contributed by atoms with Crippen LogP contribution in [0.3, 0.4) is 0 Å². The molecule has 0 aromatic rings. The highest BCUT2D eigenvalue weighted by atomic mass is 31.2. The van der Waals surface area contributed by atoms with Gasteiger partial charge in [-0.3, -0.25) is 37.3 Å². The summed E-state index contributed by atoms with van der Waals surface area (Å²) in [5.41, 5.74) is 0. The molecule has 0 fully saturated rings. The molecule has 19 heteroatoms. The molecule has 574 valence electrons. The van der Waals surface area contributed by atoms with Gasteiger partial charge in [0.2, 0.25) is 0 Å². The number of unbranched alkanes of at least 4 members (excludes halogenated alkanes) is 42. The molecule has 98 heavy (non-hydrogen) atoms. The van der Waals surface area contributed by atoms with Gasteiger partial charge in [0.1, 0.15) is 19.3 Å². The van der Waals surface area contributed by atoms with E-state index in [1.807, 2.05) is 0 Å². The molecule has 0 bridgehead atoms. The molecule has 17 nitrogen and oxygen atoms in total. The topological polar surface area (TPSA) is 237 Å². The normalized spacial score (nSPS) is 14.2. The fourth-order valence-electron chi connectivity index (χ4n) is 11.2. The summed E-state index contributed by atoms with van der Waals surface area (Å²) in [6.45, 7) is 4.88. The van der Waals surface area contributed by atoms with Crippen LogP contribution in [0.15, 0.2) is 48.6 Å². The van der Waals surface area contributed by atoms with Crippen LogP contribution in [0.5, 0.6) is 0 Å². The van der Waals surface area contributed by atoms with Gasteiger partial charge in [-0.05, 0) is 89.9 Å². The molecule has 0 rings (SSSR count). The molecule has 2 unspecified atom stereocenters. The van der Waals surface area contributed by atoms with Crippen molar-refractivity contribution in [1.29, 1.82) is 0 Å². The Labute approximate surface area is 597 Å². The zero-order valence-corrected chi connectivity index (χ0v) is 64.5. The molecule has 0 aromatic heterocycles. The summed E-state index contributed by atoms with van der Waals surface area (Å²) >= 11 is 0. The van der Waals surface area contributed by atoms with E-state index < -0.39 is 97.5 Å². The van der Waals surface area contributed by atoms with Crippen molar-refractivity contribution < 1.29 is 80.2 Å². The molecule has 0 saturated carbocycles. The second kappa shape index (κ2) is 72.4. The predicted octanol–water partition coefficient (Wildman–Crippen LogP) is 22.9.